The smallest absolute Gasteiger partial charge is 0.335 e. The number of nitrogens with zero attached hydrogens (tertiary/aromatic N) is 2. The van der Waals surface area contributed by atoms with Crippen LogP contribution in [0, 0.1) is 0 Å². The fourth-order valence-corrected chi connectivity index (χ4v) is 7.71. The molecule has 0 aliphatic heterocycles. The van der Waals surface area contributed by atoms with Crippen molar-refractivity contribution in [3.05, 3.63) is 148 Å². The molecule has 11 heteroatoms. The summed E-state index contributed by atoms with van der Waals surface area (Å²) in [7, 11) is -4.02. The highest BCUT2D eigenvalue weighted by molar-refractivity contribution is 7.89. The number of ether oxygens (including phenoxy) is 1. The number of aromatic nitrogens is 2. The van der Waals surface area contributed by atoms with E-state index in [2.05, 4.69) is 11.6 Å². The van der Waals surface area contributed by atoms with Crippen LogP contribution in [0.5, 0.6) is 5.75 Å². The van der Waals surface area contributed by atoms with Crippen molar-refractivity contribution in [3.63, 3.8) is 0 Å². The van der Waals surface area contributed by atoms with Crippen LogP contribution in [0.15, 0.2) is 120 Å². The summed E-state index contributed by atoms with van der Waals surface area (Å²) in [6.45, 7) is 3.00. The highest BCUT2D eigenvalue weighted by atomic mass is 35.5. The minimum absolute atomic E-state index is 0.188. The molecule has 256 valence electrons. The van der Waals surface area contributed by atoms with E-state index in [1.54, 1.807) is 54.6 Å². The van der Waals surface area contributed by atoms with Crippen LogP contribution < -0.4 is 9.46 Å². The zero-order valence-corrected chi connectivity index (χ0v) is 29.5. The Morgan fingerprint density at radius 2 is 1.64 bits per heavy atom. The summed E-state index contributed by atoms with van der Waals surface area (Å²) in [4.78, 5) is 16.4. The summed E-state index contributed by atoms with van der Waals surface area (Å²) in [6, 6.07) is 31.1. The van der Waals surface area contributed by atoms with E-state index in [0.29, 0.717) is 51.2 Å². The summed E-state index contributed by atoms with van der Waals surface area (Å²) in [5.41, 5.74) is 3.22. The minimum Gasteiger partial charge on any atom is -0.489 e. The van der Waals surface area contributed by atoms with E-state index < -0.39 is 22.0 Å². The number of carboxylic acid groups (broad SMARTS) is 1. The van der Waals surface area contributed by atoms with Gasteiger partial charge in [-0.25, -0.2) is 22.9 Å². The number of halogens is 2. The molecule has 0 radical (unpaired) electrons. The number of hydrogen-bond donors (Lipinski definition) is 2. The SMILES string of the molecule is CCCCn1cc(-c2ccc(Cl)cc2Cl)nc1[C@H](Cc1ccc(OCc2ccc(C(=O)O)cc2)cc1)NS(=O)(=O)c1cccc2ccccc12. The topological polar surface area (TPSA) is 111 Å². The summed E-state index contributed by atoms with van der Waals surface area (Å²) >= 11 is 12.8. The van der Waals surface area contributed by atoms with Gasteiger partial charge < -0.3 is 14.4 Å². The van der Waals surface area contributed by atoms with Gasteiger partial charge in [-0.2, -0.15) is 0 Å². The summed E-state index contributed by atoms with van der Waals surface area (Å²) in [5.74, 6) is 0.199. The van der Waals surface area contributed by atoms with Crippen molar-refractivity contribution >= 4 is 50.0 Å². The first-order chi connectivity index (χ1) is 24.1. The van der Waals surface area contributed by atoms with Gasteiger partial charge in [0.05, 0.1) is 27.2 Å². The van der Waals surface area contributed by atoms with E-state index in [0.717, 1.165) is 29.4 Å². The Labute approximate surface area is 301 Å². The second-order valence-corrected chi connectivity index (χ2v) is 14.5. The van der Waals surface area contributed by atoms with Gasteiger partial charge in [-0.3, -0.25) is 0 Å². The monoisotopic (exact) mass is 727 g/mol. The molecule has 0 unspecified atom stereocenters. The van der Waals surface area contributed by atoms with Gasteiger partial charge in [-0.1, -0.05) is 97.2 Å². The molecule has 6 rings (SSSR count). The van der Waals surface area contributed by atoms with Gasteiger partial charge in [0.1, 0.15) is 18.2 Å². The lowest BCUT2D eigenvalue weighted by atomic mass is 10.1. The third-order valence-electron chi connectivity index (χ3n) is 8.38. The molecule has 1 atom stereocenters. The molecule has 0 spiro atoms. The summed E-state index contributed by atoms with van der Waals surface area (Å²) < 4.78 is 39.4. The van der Waals surface area contributed by atoms with E-state index in [1.165, 1.54) is 0 Å². The van der Waals surface area contributed by atoms with Crippen molar-refractivity contribution in [1.29, 1.82) is 0 Å². The Balaban J connectivity index is 1.33. The number of fused-ring (bicyclic) bond motifs is 1. The third kappa shape index (κ3) is 8.20. The number of hydrogen-bond acceptors (Lipinski definition) is 5. The number of unbranched alkanes of at least 4 members (excludes halogenated alkanes) is 1. The maximum atomic E-state index is 14.2. The molecule has 8 nitrogen and oxygen atoms in total. The number of nitrogens with one attached hydrogen (secondary N) is 1. The minimum atomic E-state index is -4.02. The van der Waals surface area contributed by atoms with E-state index in [4.69, 9.17) is 38.0 Å². The number of carbonyl (C=O) groups is 1. The molecule has 5 aromatic carbocycles. The van der Waals surface area contributed by atoms with Crippen molar-refractivity contribution in [1.82, 2.24) is 14.3 Å². The second kappa shape index (κ2) is 15.5. The van der Waals surface area contributed by atoms with Gasteiger partial charge in [0.25, 0.3) is 0 Å². The molecule has 0 aliphatic rings. The first-order valence-electron chi connectivity index (χ1n) is 16.2. The highest BCUT2D eigenvalue weighted by Crippen LogP contribution is 2.33. The second-order valence-electron chi connectivity index (χ2n) is 11.9. The molecule has 0 saturated carbocycles. The quantitative estimate of drug-likeness (QED) is 0.116. The van der Waals surface area contributed by atoms with Crippen LogP contribution in [0.2, 0.25) is 10.0 Å². The van der Waals surface area contributed by atoms with Crippen LogP contribution in [0.4, 0.5) is 0 Å². The van der Waals surface area contributed by atoms with Gasteiger partial charge in [-0.05, 0) is 77.9 Å². The van der Waals surface area contributed by atoms with Crippen LogP contribution in [-0.2, 0) is 29.6 Å². The molecule has 6 aromatic rings. The zero-order chi connectivity index (χ0) is 35.3. The fraction of sp³-hybridized carbons (Fsp3) is 0.179. The molecule has 1 heterocycles. The Bertz CT molecular complexity index is 2230. The van der Waals surface area contributed by atoms with Crippen molar-refractivity contribution in [3.8, 4) is 17.0 Å². The molecular formula is C39H35Cl2N3O5S. The Morgan fingerprint density at radius 3 is 2.36 bits per heavy atom. The lowest BCUT2D eigenvalue weighted by molar-refractivity contribution is 0.0696. The fourth-order valence-electron chi connectivity index (χ4n) is 5.78. The average molecular weight is 729 g/mol. The molecule has 2 N–H and O–H groups in total. The van der Waals surface area contributed by atoms with Crippen LogP contribution in [0.25, 0.3) is 22.0 Å². The van der Waals surface area contributed by atoms with Crippen molar-refractivity contribution in [2.24, 2.45) is 0 Å². The predicted octanol–water partition coefficient (Wildman–Crippen LogP) is 9.35. The third-order valence-corrected chi connectivity index (χ3v) is 10.5. The predicted molar refractivity (Wildman–Crippen MR) is 197 cm³/mol. The number of imidazole rings is 1. The van der Waals surface area contributed by atoms with Gasteiger partial charge in [-0.15, -0.1) is 0 Å². The molecule has 0 aliphatic carbocycles. The van der Waals surface area contributed by atoms with Crippen molar-refractivity contribution in [2.45, 2.75) is 50.3 Å². The van der Waals surface area contributed by atoms with Crippen LogP contribution in [-0.4, -0.2) is 29.0 Å². The first kappa shape index (κ1) is 35.2. The Kier molecular flexibility index (Phi) is 10.9. The number of rotatable bonds is 14. The molecule has 0 saturated heterocycles. The Morgan fingerprint density at radius 1 is 0.920 bits per heavy atom. The molecular weight excluding hydrogens is 693 g/mol. The normalized spacial score (nSPS) is 12.2. The number of benzene rings is 5. The van der Waals surface area contributed by atoms with E-state index in [1.807, 2.05) is 65.4 Å². The lowest BCUT2D eigenvalue weighted by Crippen LogP contribution is -2.32. The molecule has 50 heavy (non-hydrogen) atoms. The molecule has 0 fully saturated rings. The number of carboxylic acids is 1. The van der Waals surface area contributed by atoms with E-state index >= 15 is 0 Å². The highest BCUT2D eigenvalue weighted by Gasteiger charge is 2.28. The van der Waals surface area contributed by atoms with Crippen LogP contribution in [0.1, 0.15) is 53.1 Å². The number of aromatic carboxylic acids is 1. The van der Waals surface area contributed by atoms with Gasteiger partial charge in [0, 0.05) is 28.7 Å². The first-order valence-corrected chi connectivity index (χ1v) is 18.4. The standard InChI is InChI=1S/C39H35Cl2N3O5S/c1-2-3-21-44-24-36(33-20-17-30(40)23-34(33)41)42-38(44)35(43-50(47,48)37-10-6-8-28-7-4-5-9-32(28)37)22-26-13-18-31(19-14-26)49-25-27-11-15-29(16-12-27)39(45)46/h4-20,23-24,35,43H,2-3,21-22,25H2,1H3,(H,45,46)/t35-/m0/s1. The molecule has 1 aromatic heterocycles. The number of sulfonamides is 1. The average Bonchev–Trinajstić information content (AvgIpc) is 3.53. The molecule has 0 bridgehead atoms. The number of aryl methyl sites for hydroxylation is 1. The van der Waals surface area contributed by atoms with Crippen molar-refractivity contribution < 1.29 is 23.1 Å². The van der Waals surface area contributed by atoms with Gasteiger partial charge in [0.15, 0.2) is 0 Å². The maximum Gasteiger partial charge on any atom is 0.335 e. The van der Waals surface area contributed by atoms with Crippen molar-refractivity contribution in [2.75, 3.05) is 0 Å². The van der Waals surface area contributed by atoms with Gasteiger partial charge in [0.2, 0.25) is 10.0 Å². The van der Waals surface area contributed by atoms with E-state index in [-0.39, 0.29) is 17.1 Å². The van der Waals surface area contributed by atoms with Crippen LogP contribution in [0.3, 0.4) is 0 Å². The largest absolute Gasteiger partial charge is 0.489 e. The lowest BCUT2D eigenvalue weighted by Gasteiger charge is -2.21. The van der Waals surface area contributed by atoms with E-state index in [9.17, 15) is 13.2 Å². The Hall–Kier alpha value is -4.67. The maximum absolute atomic E-state index is 14.2. The molecule has 0 amide bonds. The summed E-state index contributed by atoms with van der Waals surface area (Å²) in [5, 5.41) is 11.6. The zero-order valence-electron chi connectivity index (χ0n) is 27.2. The summed E-state index contributed by atoms with van der Waals surface area (Å²) in [6.07, 6.45) is 4.02. The van der Waals surface area contributed by atoms with Crippen LogP contribution >= 0.6 is 23.2 Å². The van der Waals surface area contributed by atoms with Gasteiger partial charge >= 0.3 is 5.97 Å².